The highest BCUT2D eigenvalue weighted by Gasteiger charge is 2.41. The molecule has 2 heterocycles. The van der Waals surface area contributed by atoms with Gasteiger partial charge in [0, 0.05) is 18.2 Å². The number of benzene rings is 3. The van der Waals surface area contributed by atoms with E-state index < -0.39 is 29.7 Å². The number of alkyl halides is 3. The number of hydrogen-bond donors (Lipinski definition) is 1. The van der Waals surface area contributed by atoms with E-state index in [0.717, 1.165) is 22.4 Å². The molecule has 5 rings (SSSR count). The number of carbonyl (C=O) groups is 1. The summed E-state index contributed by atoms with van der Waals surface area (Å²) < 4.78 is 64.8. The molecule has 5 aromatic rings. The molecule has 1 N–H and O–H groups in total. The summed E-state index contributed by atoms with van der Waals surface area (Å²) in [5.74, 6) is -0.260. The Morgan fingerprint density at radius 2 is 1.67 bits per heavy atom. The summed E-state index contributed by atoms with van der Waals surface area (Å²) in [5.41, 5.74) is 0.974. The third-order valence-corrected chi connectivity index (χ3v) is 6.88. The smallest absolute Gasteiger partial charge is 0.434 e. The average Bonchev–Trinajstić information content (AvgIpc) is 3.51. The van der Waals surface area contributed by atoms with E-state index in [-0.39, 0.29) is 12.4 Å². The van der Waals surface area contributed by atoms with Gasteiger partial charge in [-0.25, -0.2) is 14.5 Å². The maximum atomic E-state index is 13.8. The van der Waals surface area contributed by atoms with Crippen molar-refractivity contribution in [3.05, 3.63) is 108 Å². The molecule has 3 aromatic carbocycles. The van der Waals surface area contributed by atoms with Gasteiger partial charge >= 0.3 is 12.1 Å². The molecule has 2 aromatic heterocycles. The van der Waals surface area contributed by atoms with Gasteiger partial charge in [0.25, 0.3) is 0 Å². The van der Waals surface area contributed by atoms with E-state index >= 15 is 0 Å². The summed E-state index contributed by atoms with van der Waals surface area (Å²) in [6, 6.07) is 24.7. The Hall–Kier alpha value is -5.36. The zero-order valence-electron chi connectivity index (χ0n) is 24.4. The molecule has 0 saturated heterocycles. The monoisotopic (exact) mass is 619 g/mol. The van der Waals surface area contributed by atoms with Crippen molar-refractivity contribution < 1.29 is 42.0 Å². The Balaban J connectivity index is 1.45. The van der Waals surface area contributed by atoms with Crippen LogP contribution in [0.25, 0.3) is 28.2 Å². The molecule has 1 atom stereocenters. The molecule has 0 saturated carbocycles. The number of ether oxygens (including phenoxy) is 4. The van der Waals surface area contributed by atoms with Crippen LogP contribution in [0, 0.1) is 0 Å². The number of carboxylic acid groups (broad SMARTS) is 1. The third-order valence-electron chi connectivity index (χ3n) is 6.88. The van der Waals surface area contributed by atoms with E-state index in [1.165, 1.54) is 19.2 Å². The second kappa shape index (κ2) is 13.1. The average molecular weight is 620 g/mol. The van der Waals surface area contributed by atoms with Gasteiger partial charge in [-0.05, 0) is 60.5 Å². The highest BCUT2D eigenvalue weighted by molar-refractivity contribution is 5.89. The van der Waals surface area contributed by atoms with Crippen LogP contribution in [0.3, 0.4) is 0 Å². The molecule has 0 aliphatic heterocycles. The van der Waals surface area contributed by atoms with Crippen molar-refractivity contribution in [2.24, 2.45) is 0 Å². The summed E-state index contributed by atoms with van der Waals surface area (Å²) in [6.07, 6.45) is -4.87. The minimum atomic E-state index is -4.98. The van der Waals surface area contributed by atoms with Crippen molar-refractivity contribution in [2.75, 3.05) is 14.2 Å². The second-order valence-electron chi connectivity index (χ2n) is 9.76. The zero-order chi connectivity index (χ0) is 32.1. The number of rotatable bonds is 11. The van der Waals surface area contributed by atoms with E-state index in [1.807, 2.05) is 42.5 Å². The first-order valence-electron chi connectivity index (χ1n) is 13.6. The van der Waals surface area contributed by atoms with Crippen LogP contribution in [0.5, 0.6) is 17.2 Å². The van der Waals surface area contributed by atoms with Crippen molar-refractivity contribution in [1.29, 1.82) is 0 Å². The number of aromatic nitrogens is 3. The van der Waals surface area contributed by atoms with Crippen LogP contribution in [0.1, 0.15) is 28.5 Å². The number of nitrogens with zero attached hydrogens (tertiary/aromatic N) is 3. The number of methoxy groups -OCH3 is 2. The fourth-order valence-electron chi connectivity index (χ4n) is 4.58. The lowest BCUT2D eigenvalue weighted by molar-refractivity contribution is -0.143. The Morgan fingerprint density at radius 1 is 0.933 bits per heavy atom. The molecule has 0 amide bonds. The van der Waals surface area contributed by atoms with Crippen molar-refractivity contribution in [1.82, 2.24) is 14.8 Å². The van der Waals surface area contributed by atoms with E-state index in [1.54, 1.807) is 44.4 Å². The van der Waals surface area contributed by atoms with Crippen LogP contribution in [-0.2, 0) is 17.5 Å². The normalized spacial score (nSPS) is 12.0. The van der Waals surface area contributed by atoms with Gasteiger partial charge in [0.15, 0.2) is 17.8 Å². The summed E-state index contributed by atoms with van der Waals surface area (Å²) in [4.78, 5) is 15.8. The fourth-order valence-corrected chi connectivity index (χ4v) is 4.58. The lowest BCUT2D eigenvalue weighted by Gasteiger charge is -2.18. The number of pyridine rings is 1. The minimum Gasteiger partial charge on any atom is -0.497 e. The molecule has 1 unspecified atom stereocenters. The summed E-state index contributed by atoms with van der Waals surface area (Å²) in [6.45, 7) is 1.85. The minimum absolute atomic E-state index is 0.0880. The maximum absolute atomic E-state index is 13.8. The summed E-state index contributed by atoms with van der Waals surface area (Å²) in [7, 11) is 3.14. The van der Waals surface area contributed by atoms with Crippen molar-refractivity contribution >= 4 is 5.97 Å². The molecular formula is C33H28F3N3O6. The van der Waals surface area contributed by atoms with Crippen LogP contribution in [0.2, 0.25) is 0 Å². The Kier molecular flexibility index (Phi) is 9.05. The molecule has 9 nitrogen and oxygen atoms in total. The molecule has 12 heteroatoms. The lowest BCUT2D eigenvalue weighted by atomic mass is 10.0. The Labute approximate surface area is 256 Å². The molecule has 45 heavy (non-hydrogen) atoms. The van der Waals surface area contributed by atoms with E-state index in [9.17, 15) is 23.1 Å². The van der Waals surface area contributed by atoms with Gasteiger partial charge in [0.05, 0.1) is 19.0 Å². The standard InChI is InChI=1S/C33H28F3N3O6/c1-20(42-2)45-29-17-22(21-13-15-24(43-3)16-14-21)11-12-23(29)19-44-28-9-5-4-7-25(28)27-8-6-10-30(38-27)39-31(33(34,35)36)26(18-37-39)32(40)41/h4-18,20H,19H2,1-3H3,(H,40,41). The van der Waals surface area contributed by atoms with Crippen LogP contribution in [0.4, 0.5) is 13.2 Å². The van der Waals surface area contributed by atoms with Crippen LogP contribution in [-0.4, -0.2) is 46.3 Å². The molecule has 0 aliphatic carbocycles. The lowest BCUT2D eigenvalue weighted by Crippen LogP contribution is -2.18. The first-order chi connectivity index (χ1) is 21.6. The zero-order valence-corrected chi connectivity index (χ0v) is 24.4. The molecule has 0 fully saturated rings. The number of aromatic carboxylic acids is 1. The number of halogens is 3. The van der Waals surface area contributed by atoms with Crippen LogP contribution >= 0.6 is 0 Å². The predicted octanol–water partition coefficient (Wildman–Crippen LogP) is 7.28. The van der Waals surface area contributed by atoms with Gasteiger partial charge in [0.1, 0.15) is 29.4 Å². The molecule has 0 bridgehead atoms. The van der Waals surface area contributed by atoms with Crippen molar-refractivity contribution in [3.63, 3.8) is 0 Å². The first-order valence-corrected chi connectivity index (χ1v) is 13.6. The second-order valence-corrected chi connectivity index (χ2v) is 9.76. The van der Waals surface area contributed by atoms with E-state index in [0.29, 0.717) is 33.6 Å². The Bertz CT molecular complexity index is 1800. The quantitative estimate of drug-likeness (QED) is 0.154. The first kappa shape index (κ1) is 31.1. The fraction of sp³-hybridized carbons (Fsp3) is 0.182. The highest BCUT2D eigenvalue weighted by Crippen LogP contribution is 2.36. The van der Waals surface area contributed by atoms with Gasteiger partial charge in [-0.3, -0.25) is 0 Å². The van der Waals surface area contributed by atoms with E-state index in [4.69, 9.17) is 18.9 Å². The van der Waals surface area contributed by atoms with Gasteiger partial charge in [-0.1, -0.05) is 42.5 Å². The van der Waals surface area contributed by atoms with Crippen LogP contribution < -0.4 is 14.2 Å². The van der Waals surface area contributed by atoms with Gasteiger partial charge in [-0.2, -0.15) is 18.3 Å². The highest BCUT2D eigenvalue weighted by atomic mass is 19.4. The molecule has 0 radical (unpaired) electrons. The van der Waals surface area contributed by atoms with E-state index in [2.05, 4.69) is 10.1 Å². The van der Waals surface area contributed by atoms with Crippen molar-refractivity contribution in [2.45, 2.75) is 26.0 Å². The summed E-state index contributed by atoms with van der Waals surface area (Å²) in [5, 5.41) is 13.0. The van der Waals surface area contributed by atoms with Crippen LogP contribution in [0.15, 0.2) is 91.1 Å². The van der Waals surface area contributed by atoms with Gasteiger partial charge < -0.3 is 24.1 Å². The third kappa shape index (κ3) is 6.91. The number of hydrogen-bond acceptors (Lipinski definition) is 7. The largest absolute Gasteiger partial charge is 0.497 e. The molecule has 0 spiro atoms. The van der Waals surface area contributed by atoms with Gasteiger partial charge in [0.2, 0.25) is 0 Å². The number of para-hydroxylation sites is 1. The summed E-state index contributed by atoms with van der Waals surface area (Å²) >= 11 is 0. The topological polar surface area (TPSA) is 105 Å². The SMILES string of the molecule is COc1ccc(-c2ccc(COc3ccccc3-c3cccc(-n4ncc(C(=O)O)c4C(F)(F)F)n3)c(OC(C)OC)c2)cc1. The predicted molar refractivity (Wildman–Crippen MR) is 159 cm³/mol. The molecular weight excluding hydrogens is 591 g/mol. The van der Waals surface area contributed by atoms with Crippen molar-refractivity contribution in [3.8, 4) is 45.5 Å². The Morgan fingerprint density at radius 3 is 2.36 bits per heavy atom. The number of carboxylic acids is 1. The molecule has 232 valence electrons. The van der Waals surface area contributed by atoms with Gasteiger partial charge in [-0.15, -0.1) is 0 Å². The molecule has 0 aliphatic rings. The maximum Gasteiger partial charge on any atom is 0.434 e.